The Morgan fingerprint density at radius 3 is 2.38 bits per heavy atom. The van der Waals surface area contributed by atoms with Crippen molar-refractivity contribution in [2.45, 2.75) is 26.0 Å². The number of hydrogen-bond acceptors (Lipinski definition) is 2. The van der Waals surface area contributed by atoms with E-state index in [2.05, 4.69) is 0 Å². The molecule has 0 saturated carbocycles. The predicted octanol–water partition coefficient (Wildman–Crippen LogP) is 4.09. The SMILES string of the molecule is CC(N)Cc1cccc(Cl)c1OCc1c(F)cccc1F. The Morgan fingerprint density at radius 1 is 1.14 bits per heavy atom. The van der Waals surface area contributed by atoms with Crippen LogP contribution in [0.15, 0.2) is 36.4 Å². The fourth-order valence-electron chi connectivity index (χ4n) is 2.04. The fourth-order valence-corrected chi connectivity index (χ4v) is 2.29. The van der Waals surface area contributed by atoms with Gasteiger partial charge in [-0.2, -0.15) is 0 Å². The lowest BCUT2D eigenvalue weighted by molar-refractivity contribution is 0.289. The van der Waals surface area contributed by atoms with Crippen molar-refractivity contribution >= 4 is 11.6 Å². The van der Waals surface area contributed by atoms with Gasteiger partial charge in [0.15, 0.2) is 0 Å². The van der Waals surface area contributed by atoms with Crippen molar-refractivity contribution < 1.29 is 13.5 Å². The first-order chi connectivity index (χ1) is 9.99. The molecule has 5 heteroatoms. The molecule has 0 aliphatic carbocycles. The zero-order valence-corrected chi connectivity index (χ0v) is 12.3. The zero-order chi connectivity index (χ0) is 15.4. The smallest absolute Gasteiger partial charge is 0.141 e. The highest BCUT2D eigenvalue weighted by molar-refractivity contribution is 6.32. The number of nitrogens with two attached hydrogens (primary N) is 1. The molecule has 0 amide bonds. The zero-order valence-electron chi connectivity index (χ0n) is 11.6. The number of rotatable bonds is 5. The average molecular weight is 312 g/mol. The van der Waals surface area contributed by atoms with Crippen molar-refractivity contribution in [2.75, 3.05) is 0 Å². The fraction of sp³-hybridized carbons (Fsp3) is 0.250. The molecule has 0 heterocycles. The van der Waals surface area contributed by atoms with Gasteiger partial charge in [-0.25, -0.2) is 8.78 Å². The summed E-state index contributed by atoms with van der Waals surface area (Å²) in [5.74, 6) is -0.870. The van der Waals surface area contributed by atoms with Gasteiger partial charge in [0, 0.05) is 6.04 Å². The normalized spacial score (nSPS) is 12.2. The number of benzene rings is 2. The van der Waals surface area contributed by atoms with Gasteiger partial charge >= 0.3 is 0 Å². The van der Waals surface area contributed by atoms with Gasteiger partial charge in [-0.3, -0.25) is 0 Å². The second-order valence-corrected chi connectivity index (χ2v) is 5.31. The van der Waals surface area contributed by atoms with Gasteiger partial charge in [0.1, 0.15) is 24.0 Å². The minimum atomic E-state index is -0.643. The molecule has 0 aromatic heterocycles. The van der Waals surface area contributed by atoms with Gasteiger partial charge < -0.3 is 10.5 Å². The highest BCUT2D eigenvalue weighted by Crippen LogP contribution is 2.30. The minimum absolute atomic E-state index is 0.0731. The number of halogens is 3. The summed E-state index contributed by atoms with van der Waals surface area (Å²) in [4.78, 5) is 0. The van der Waals surface area contributed by atoms with E-state index in [9.17, 15) is 8.78 Å². The van der Waals surface area contributed by atoms with Crippen LogP contribution in [0.5, 0.6) is 5.75 Å². The van der Waals surface area contributed by atoms with Gasteiger partial charge in [0.25, 0.3) is 0 Å². The van der Waals surface area contributed by atoms with Crippen LogP contribution < -0.4 is 10.5 Å². The van der Waals surface area contributed by atoms with Crippen LogP contribution in [0.1, 0.15) is 18.1 Å². The first-order valence-electron chi connectivity index (χ1n) is 6.57. The lowest BCUT2D eigenvalue weighted by Crippen LogP contribution is -2.18. The second kappa shape index (κ2) is 6.87. The summed E-state index contributed by atoms with van der Waals surface area (Å²) in [7, 11) is 0. The highest BCUT2D eigenvalue weighted by atomic mass is 35.5. The Hall–Kier alpha value is -1.65. The standard InChI is InChI=1S/C16H16ClF2NO/c1-10(20)8-11-4-2-5-13(17)16(11)21-9-12-14(18)6-3-7-15(12)19/h2-7,10H,8-9,20H2,1H3. The molecule has 112 valence electrons. The van der Waals surface area contributed by atoms with Crippen LogP contribution in [0, 0.1) is 11.6 Å². The summed E-state index contributed by atoms with van der Waals surface area (Å²) < 4.78 is 32.7. The number of para-hydroxylation sites is 1. The monoisotopic (exact) mass is 311 g/mol. The van der Waals surface area contributed by atoms with Crippen LogP contribution in [0.25, 0.3) is 0 Å². The Bertz CT molecular complexity index is 611. The van der Waals surface area contributed by atoms with Crippen LogP contribution in [0.4, 0.5) is 8.78 Å². The summed E-state index contributed by atoms with van der Waals surface area (Å²) in [6.07, 6.45) is 0.565. The third kappa shape index (κ3) is 3.93. The molecule has 1 unspecified atom stereocenters. The Balaban J connectivity index is 2.24. The molecular formula is C16H16ClF2NO. The lowest BCUT2D eigenvalue weighted by atomic mass is 10.1. The van der Waals surface area contributed by atoms with Crippen LogP contribution in [-0.4, -0.2) is 6.04 Å². The first-order valence-corrected chi connectivity index (χ1v) is 6.95. The van der Waals surface area contributed by atoms with E-state index in [0.717, 1.165) is 5.56 Å². The quantitative estimate of drug-likeness (QED) is 0.902. The molecule has 2 N–H and O–H groups in total. The Labute approximate surface area is 127 Å². The van der Waals surface area contributed by atoms with E-state index in [4.69, 9.17) is 22.1 Å². The molecule has 0 spiro atoms. The van der Waals surface area contributed by atoms with Gasteiger partial charge in [-0.1, -0.05) is 29.8 Å². The average Bonchev–Trinajstić information content (AvgIpc) is 2.40. The topological polar surface area (TPSA) is 35.2 Å². The minimum Gasteiger partial charge on any atom is -0.487 e. The molecule has 0 aliphatic rings. The van der Waals surface area contributed by atoms with Crippen molar-refractivity contribution in [3.63, 3.8) is 0 Å². The van der Waals surface area contributed by atoms with Gasteiger partial charge in [-0.15, -0.1) is 0 Å². The summed E-state index contributed by atoms with van der Waals surface area (Å²) in [6, 6.07) is 8.91. The van der Waals surface area contributed by atoms with Crippen LogP contribution in [0.2, 0.25) is 5.02 Å². The molecular weight excluding hydrogens is 296 g/mol. The van der Waals surface area contributed by atoms with E-state index in [1.54, 1.807) is 12.1 Å². The first kappa shape index (κ1) is 15.7. The van der Waals surface area contributed by atoms with Crippen molar-refractivity contribution in [1.29, 1.82) is 0 Å². The molecule has 2 aromatic carbocycles. The molecule has 0 saturated heterocycles. The molecule has 2 rings (SSSR count). The molecule has 21 heavy (non-hydrogen) atoms. The van der Waals surface area contributed by atoms with Crippen molar-refractivity contribution in [1.82, 2.24) is 0 Å². The van der Waals surface area contributed by atoms with E-state index in [-0.39, 0.29) is 18.2 Å². The summed E-state index contributed by atoms with van der Waals surface area (Å²) in [6.45, 7) is 1.63. The van der Waals surface area contributed by atoms with E-state index in [0.29, 0.717) is 17.2 Å². The maximum atomic E-state index is 13.6. The Kier molecular flexibility index (Phi) is 5.15. The van der Waals surface area contributed by atoms with Crippen molar-refractivity contribution in [2.24, 2.45) is 5.73 Å². The van der Waals surface area contributed by atoms with E-state index in [1.165, 1.54) is 18.2 Å². The molecule has 2 aromatic rings. The van der Waals surface area contributed by atoms with Gasteiger partial charge in [0.05, 0.1) is 10.6 Å². The predicted molar refractivity (Wildman–Crippen MR) is 79.5 cm³/mol. The molecule has 0 aliphatic heterocycles. The molecule has 2 nitrogen and oxygen atoms in total. The summed E-state index contributed by atoms with van der Waals surface area (Å²) >= 11 is 6.11. The van der Waals surface area contributed by atoms with Crippen molar-refractivity contribution in [3.8, 4) is 5.75 Å². The molecule has 0 fully saturated rings. The van der Waals surface area contributed by atoms with Gasteiger partial charge in [-0.05, 0) is 37.1 Å². The van der Waals surface area contributed by atoms with Crippen LogP contribution in [0.3, 0.4) is 0 Å². The van der Waals surface area contributed by atoms with E-state index >= 15 is 0 Å². The second-order valence-electron chi connectivity index (χ2n) is 4.90. The van der Waals surface area contributed by atoms with Crippen molar-refractivity contribution in [3.05, 3.63) is 64.2 Å². The Morgan fingerprint density at radius 2 is 1.76 bits per heavy atom. The number of ether oxygens (including phenoxy) is 1. The molecule has 0 radical (unpaired) electrons. The molecule has 0 bridgehead atoms. The third-order valence-electron chi connectivity index (χ3n) is 3.01. The maximum Gasteiger partial charge on any atom is 0.141 e. The summed E-state index contributed by atoms with van der Waals surface area (Å²) in [5, 5.41) is 0.393. The summed E-state index contributed by atoms with van der Waals surface area (Å²) in [5.41, 5.74) is 6.47. The van der Waals surface area contributed by atoms with E-state index in [1.807, 2.05) is 13.0 Å². The van der Waals surface area contributed by atoms with Crippen LogP contribution >= 0.6 is 11.6 Å². The maximum absolute atomic E-state index is 13.6. The highest BCUT2D eigenvalue weighted by Gasteiger charge is 2.13. The number of hydrogen-bond donors (Lipinski definition) is 1. The lowest BCUT2D eigenvalue weighted by Gasteiger charge is -2.15. The van der Waals surface area contributed by atoms with E-state index < -0.39 is 11.6 Å². The third-order valence-corrected chi connectivity index (χ3v) is 3.31. The van der Waals surface area contributed by atoms with Crippen LogP contribution in [-0.2, 0) is 13.0 Å². The van der Waals surface area contributed by atoms with Gasteiger partial charge in [0.2, 0.25) is 0 Å². The molecule has 1 atom stereocenters. The largest absolute Gasteiger partial charge is 0.487 e.